The summed E-state index contributed by atoms with van der Waals surface area (Å²) in [7, 11) is 0. The van der Waals surface area contributed by atoms with Crippen LogP contribution >= 0.6 is 11.6 Å². The maximum Gasteiger partial charge on any atom is 0.244 e. The SMILES string of the molecule is O=C(Cn1ncc(=O)c2ccccc21)N(Cc1c(F)cccc1Cl)C1CC1. The number of benzene rings is 2. The minimum Gasteiger partial charge on any atom is -0.334 e. The van der Waals surface area contributed by atoms with E-state index in [2.05, 4.69) is 5.10 Å². The summed E-state index contributed by atoms with van der Waals surface area (Å²) >= 11 is 6.13. The maximum atomic E-state index is 14.2. The van der Waals surface area contributed by atoms with Gasteiger partial charge in [0.05, 0.1) is 18.3 Å². The molecule has 0 bridgehead atoms. The molecule has 1 aromatic heterocycles. The lowest BCUT2D eigenvalue weighted by Crippen LogP contribution is -2.36. The number of aromatic nitrogens is 2. The number of carbonyl (C=O) groups excluding carboxylic acids is 1. The summed E-state index contributed by atoms with van der Waals surface area (Å²) in [6.45, 7) is 0.0938. The molecule has 1 aliphatic carbocycles. The Bertz CT molecular complexity index is 1060. The Morgan fingerprint density at radius 1 is 1.22 bits per heavy atom. The Hall–Kier alpha value is -2.73. The Kier molecular flexibility index (Phi) is 4.66. The third-order valence-corrected chi connectivity index (χ3v) is 5.10. The predicted octanol–water partition coefficient (Wildman–Crippen LogP) is 3.38. The number of rotatable bonds is 5. The molecule has 5 nitrogen and oxygen atoms in total. The number of fused-ring (bicyclic) bond motifs is 1. The highest BCUT2D eigenvalue weighted by molar-refractivity contribution is 6.31. The van der Waals surface area contributed by atoms with E-state index < -0.39 is 5.82 Å². The number of halogens is 2. The number of amides is 1. The Labute approximate surface area is 160 Å². The predicted molar refractivity (Wildman–Crippen MR) is 101 cm³/mol. The zero-order chi connectivity index (χ0) is 19.0. The molecule has 4 rings (SSSR count). The van der Waals surface area contributed by atoms with E-state index in [9.17, 15) is 14.0 Å². The summed E-state index contributed by atoms with van der Waals surface area (Å²) in [6.07, 6.45) is 2.98. The number of carbonyl (C=O) groups is 1. The summed E-state index contributed by atoms with van der Waals surface area (Å²) < 4.78 is 15.7. The molecule has 0 atom stereocenters. The molecule has 0 N–H and O–H groups in total. The van der Waals surface area contributed by atoms with Gasteiger partial charge in [0.15, 0.2) is 0 Å². The highest BCUT2D eigenvalue weighted by Gasteiger charge is 2.33. The number of hydrogen-bond acceptors (Lipinski definition) is 3. The summed E-state index contributed by atoms with van der Waals surface area (Å²) in [5.74, 6) is -0.606. The molecule has 1 fully saturated rings. The summed E-state index contributed by atoms with van der Waals surface area (Å²) in [5.41, 5.74) is 0.724. The van der Waals surface area contributed by atoms with Crippen LogP contribution in [0.2, 0.25) is 5.02 Å². The van der Waals surface area contributed by atoms with Gasteiger partial charge in [-0.2, -0.15) is 5.10 Å². The molecule has 0 radical (unpaired) electrons. The van der Waals surface area contributed by atoms with Gasteiger partial charge in [0, 0.05) is 22.0 Å². The second kappa shape index (κ2) is 7.12. The molecular formula is C20H17ClFN3O2. The number of nitrogens with zero attached hydrogens (tertiary/aromatic N) is 3. The molecule has 138 valence electrons. The minimum atomic E-state index is -0.423. The molecule has 1 saturated carbocycles. The van der Waals surface area contributed by atoms with Crippen LogP contribution in [-0.2, 0) is 17.9 Å². The number of hydrogen-bond donors (Lipinski definition) is 0. The highest BCUT2D eigenvalue weighted by atomic mass is 35.5. The highest BCUT2D eigenvalue weighted by Crippen LogP contribution is 2.31. The topological polar surface area (TPSA) is 55.2 Å². The zero-order valence-electron chi connectivity index (χ0n) is 14.4. The average Bonchev–Trinajstić information content (AvgIpc) is 3.49. The number of para-hydroxylation sites is 1. The molecular weight excluding hydrogens is 369 g/mol. The van der Waals surface area contributed by atoms with Crippen LogP contribution in [0.3, 0.4) is 0 Å². The largest absolute Gasteiger partial charge is 0.334 e. The van der Waals surface area contributed by atoms with Crippen molar-refractivity contribution in [1.82, 2.24) is 14.7 Å². The average molecular weight is 386 g/mol. The second-order valence-electron chi connectivity index (χ2n) is 6.64. The van der Waals surface area contributed by atoms with Gasteiger partial charge in [-0.05, 0) is 37.1 Å². The van der Waals surface area contributed by atoms with E-state index >= 15 is 0 Å². The van der Waals surface area contributed by atoms with Crippen molar-refractivity contribution in [2.45, 2.75) is 32.0 Å². The van der Waals surface area contributed by atoms with Crippen LogP contribution < -0.4 is 5.43 Å². The standard InChI is InChI=1S/C20H17ClFN3O2/c21-16-5-3-6-17(22)15(16)11-24(13-8-9-13)20(27)12-25-18-7-2-1-4-14(18)19(26)10-23-25/h1-7,10,13H,8-9,11-12H2. The van der Waals surface area contributed by atoms with Crippen LogP contribution in [0.15, 0.2) is 53.5 Å². The van der Waals surface area contributed by atoms with Crippen molar-refractivity contribution >= 4 is 28.4 Å². The Morgan fingerprint density at radius 3 is 2.74 bits per heavy atom. The Balaban J connectivity index is 1.63. The summed E-state index contributed by atoms with van der Waals surface area (Å²) in [5, 5.41) is 4.92. The van der Waals surface area contributed by atoms with Crippen molar-refractivity contribution in [2.75, 3.05) is 0 Å². The molecule has 1 aliphatic rings. The van der Waals surface area contributed by atoms with Crippen LogP contribution in [0.25, 0.3) is 10.9 Å². The van der Waals surface area contributed by atoms with Crippen molar-refractivity contribution in [3.8, 4) is 0 Å². The smallest absolute Gasteiger partial charge is 0.244 e. The first-order valence-electron chi connectivity index (χ1n) is 8.72. The summed E-state index contributed by atoms with van der Waals surface area (Å²) in [4.78, 5) is 26.6. The quantitative estimate of drug-likeness (QED) is 0.676. The monoisotopic (exact) mass is 385 g/mol. The van der Waals surface area contributed by atoms with Gasteiger partial charge >= 0.3 is 0 Å². The molecule has 0 spiro atoms. The third kappa shape index (κ3) is 3.57. The molecule has 1 heterocycles. The molecule has 1 amide bonds. The fourth-order valence-electron chi connectivity index (χ4n) is 3.17. The van der Waals surface area contributed by atoms with Crippen molar-refractivity contribution in [1.29, 1.82) is 0 Å². The van der Waals surface area contributed by atoms with Crippen molar-refractivity contribution in [2.24, 2.45) is 0 Å². The second-order valence-corrected chi connectivity index (χ2v) is 7.04. The molecule has 7 heteroatoms. The van der Waals surface area contributed by atoms with Gasteiger partial charge in [0.25, 0.3) is 0 Å². The van der Waals surface area contributed by atoms with E-state index in [-0.39, 0.29) is 30.5 Å². The van der Waals surface area contributed by atoms with Gasteiger partial charge in [-0.1, -0.05) is 29.8 Å². The zero-order valence-corrected chi connectivity index (χ0v) is 15.2. The van der Waals surface area contributed by atoms with Crippen molar-refractivity contribution in [3.63, 3.8) is 0 Å². The normalized spacial score (nSPS) is 13.7. The van der Waals surface area contributed by atoms with Crippen molar-refractivity contribution in [3.05, 3.63) is 75.3 Å². The van der Waals surface area contributed by atoms with Gasteiger partial charge in [-0.25, -0.2) is 4.39 Å². The third-order valence-electron chi connectivity index (χ3n) is 4.75. The van der Waals surface area contributed by atoms with E-state index in [4.69, 9.17) is 11.6 Å². The van der Waals surface area contributed by atoms with Gasteiger partial charge in [-0.3, -0.25) is 14.3 Å². The van der Waals surface area contributed by atoms with E-state index in [0.29, 0.717) is 21.5 Å². The van der Waals surface area contributed by atoms with Crippen LogP contribution in [0.1, 0.15) is 18.4 Å². The summed E-state index contributed by atoms with van der Waals surface area (Å²) in [6, 6.07) is 11.6. The van der Waals surface area contributed by atoms with E-state index in [1.165, 1.54) is 16.9 Å². The first-order valence-corrected chi connectivity index (χ1v) is 9.09. The van der Waals surface area contributed by atoms with E-state index in [0.717, 1.165) is 12.8 Å². The molecule has 0 aliphatic heterocycles. The lowest BCUT2D eigenvalue weighted by Gasteiger charge is -2.24. The Morgan fingerprint density at radius 2 is 2.00 bits per heavy atom. The maximum absolute atomic E-state index is 14.2. The van der Waals surface area contributed by atoms with E-state index in [1.54, 1.807) is 41.3 Å². The van der Waals surface area contributed by atoms with Crippen LogP contribution in [-0.4, -0.2) is 26.6 Å². The molecule has 0 saturated heterocycles. The van der Waals surface area contributed by atoms with Crippen LogP contribution in [0.4, 0.5) is 4.39 Å². The lowest BCUT2D eigenvalue weighted by atomic mass is 10.2. The van der Waals surface area contributed by atoms with Crippen LogP contribution in [0, 0.1) is 5.82 Å². The van der Waals surface area contributed by atoms with Gasteiger partial charge in [0.2, 0.25) is 11.3 Å². The molecule has 2 aromatic carbocycles. The first kappa shape index (κ1) is 17.7. The minimum absolute atomic E-state index is 0.0244. The molecule has 27 heavy (non-hydrogen) atoms. The van der Waals surface area contributed by atoms with Crippen molar-refractivity contribution < 1.29 is 9.18 Å². The van der Waals surface area contributed by atoms with Gasteiger partial charge in [0.1, 0.15) is 12.4 Å². The van der Waals surface area contributed by atoms with Gasteiger partial charge < -0.3 is 4.90 Å². The fraction of sp³-hybridized carbons (Fsp3) is 0.250. The van der Waals surface area contributed by atoms with E-state index in [1.807, 2.05) is 0 Å². The van der Waals surface area contributed by atoms with Crippen LogP contribution in [0.5, 0.6) is 0 Å². The fourth-order valence-corrected chi connectivity index (χ4v) is 3.39. The first-order chi connectivity index (χ1) is 13.0. The molecule has 0 unspecified atom stereocenters. The molecule has 3 aromatic rings. The lowest BCUT2D eigenvalue weighted by molar-refractivity contribution is -0.133. The van der Waals surface area contributed by atoms with Gasteiger partial charge in [-0.15, -0.1) is 0 Å².